The van der Waals surface area contributed by atoms with Crippen LogP contribution in [0.3, 0.4) is 0 Å². The normalized spacial score (nSPS) is 10.8. The summed E-state index contributed by atoms with van der Waals surface area (Å²) >= 11 is 0. The van der Waals surface area contributed by atoms with Crippen molar-refractivity contribution in [1.29, 1.82) is 0 Å². The van der Waals surface area contributed by atoms with Crippen molar-refractivity contribution in [3.8, 4) is 28.9 Å². The molecule has 3 aromatic carbocycles. The number of hydrogen-bond donors (Lipinski definition) is 1. The van der Waals surface area contributed by atoms with E-state index in [2.05, 4.69) is 14.7 Å². The molecule has 0 fully saturated rings. The Morgan fingerprint density at radius 3 is 2.17 bits per heavy atom. The number of benzene rings is 3. The predicted octanol–water partition coefficient (Wildman–Crippen LogP) is 4.93. The minimum Gasteiger partial charge on any atom is -0.493 e. The predicted molar refractivity (Wildman–Crippen MR) is 161 cm³/mol. The fraction of sp³-hybridized carbons (Fsp3) is 0.200. The van der Waals surface area contributed by atoms with Crippen LogP contribution < -0.4 is 28.8 Å². The molecule has 1 amide bonds. The first-order valence-corrected chi connectivity index (χ1v) is 15.0. The van der Waals surface area contributed by atoms with Gasteiger partial charge in [0.05, 0.1) is 17.7 Å². The van der Waals surface area contributed by atoms with Gasteiger partial charge in [0.1, 0.15) is 38.5 Å². The molecule has 4 rings (SSSR count). The second kappa shape index (κ2) is 15.9. The molecule has 0 atom stereocenters. The van der Waals surface area contributed by atoms with Gasteiger partial charge < -0.3 is 28.4 Å². The minimum atomic E-state index is -4.23. The summed E-state index contributed by atoms with van der Waals surface area (Å²) in [5.41, 5.74) is -0.0185. The number of carbonyl (C=O) groups excluding carboxylic acids is 2. The van der Waals surface area contributed by atoms with Crippen LogP contribution >= 0.6 is 0 Å². The lowest BCUT2D eigenvalue weighted by atomic mass is 10.3. The molecule has 0 saturated heterocycles. The number of nitrogens with zero attached hydrogens (tertiary/aromatic N) is 3. The molecule has 0 saturated carbocycles. The van der Waals surface area contributed by atoms with Gasteiger partial charge in [-0.05, 0) is 48.5 Å². The van der Waals surface area contributed by atoms with E-state index in [1.807, 2.05) is 0 Å². The highest BCUT2D eigenvalue weighted by Gasteiger charge is 2.24. The number of rotatable bonds is 15. The van der Waals surface area contributed by atoms with Crippen molar-refractivity contribution >= 4 is 33.6 Å². The van der Waals surface area contributed by atoms with Crippen LogP contribution in [0.5, 0.6) is 28.9 Å². The lowest BCUT2D eigenvalue weighted by Crippen LogP contribution is -2.25. The first kappa shape index (κ1) is 33.3. The van der Waals surface area contributed by atoms with Crippen LogP contribution in [0.25, 0.3) is 0 Å². The molecule has 16 heteroatoms. The number of halogens is 1. The maximum Gasteiger partial charge on any atom is 0.443 e. The Balaban J connectivity index is 1.50. The van der Waals surface area contributed by atoms with Crippen molar-refractivity contribution in [2.45, 2.75) is 11.8 Å². The van der Waals surface area contributed by atoms with Crippen LogP contribution in [-0.2, 0) is 24.3 Å². The summed E-state index contributed by atoms with van der Waals surface area (Å²) in [5.74, 6) is -0.331. The molecule has 0 unspecified atom stereocenters. The molecule has 1 N–H and O–H groups in total. The Hall–Kier alpha value is -5.64. The van der Waals surface area contributed by atoms with Crippen LogP contribution in [0.2, 0.25) is 0 Å². The van der Waals surface area contributed by atoms with E-state index in [9.17, 15) is 22.5 Å². The van der Waals surface area contributed by atoms with Crippen molar-refractivity contribution < 1.29 is 50.9 Å². The van der Waals surface area contributed by atoms with Gasteiger partial charge in [0.15, 0.2) is 17.3 Å². The zero-order valence-corrected chi connectivity index (χ0v) is 25.4. The summed E-state index contributed by atoms with van der Waals surface area (Å²) in [7, 11) is -2.81. The maximum atomic E-state index is 14.3. The van der Waals surface area contributed by atoms with Gasteiger partial charge in [-0.15, -0.1) is 5.12 Å². The van der Waals surface area contributed by atoms with Gasteiger partial charge in [0.25, 0.3) is 15.9 Å². The molecule has 0 spiro atoms. The molecule has 0 aliphatic carbocycles. The van der Waals surface area contributed by atoms with Crippen molar-refractivity contribution in [3.63, 3.8) is 0 Å². The zero-order chi connectivity index (χ0) is 32.9. The number of para-hydroxylation sites is 3. The molecule has 0 bridgehead atoms. The molecule has 1 heterocycles. The van der Waals surface area contributed by atoms with E-state index in [0.717, 1.165) is 6.33 Å². The third-order valence-corrected chi connectivity index (χ3v) is 7.12. The number of nitrogens with one attached hydrogen (secondary N) is 1. The van der Waals surface area contributed by atoms with Crippen molar-refractivity contribution in [2.75, 3.05) is 43.4 Å². The molecule has 46 heavy (non-hydrogen) atoms. The smallest absolute Gasteiger partial charge is 0.443 e. The SMILES string of the molecule is COc1ccccc1Oc1c(NS(=O)(=O)c2ccc(OCCOC(C)=O)cc2)ncnc1OCCOC(=O)N(F)c1ccccc1. The van der Waals surface area contributed by atoms with E-state index in [4.69, 9.17) is 28.4 Å². The Labute approximate surface area is 263 Å². The summed E-state index contributed by atoms with van der Waals surface area (Å²) < 4.78 is 75.4. The third-order valence-electron chi connectivity index (χ3n) is 5.77. The molecule has 4 aromatic rings. The maximum absolute atomic E-state index is 14.3. The van der Waals surface area contributed by atoms with E-state index in [1.54, 1.807) is 42.5 Å². The highest BCUT2D eigenvalue weighted by atomic mass is 32.2. The number of aromatic nitrogens is 2. The van der Waals surface area contributed by atoms with Gasteiger partial charge in [0, 0.05) is 6.92 Å². The number of ether oxygens (including phenoxy) is 6. The average molecular weight is 657 g/mol. The second-order valence-corrected chi connectivity index (χ2v) is 10.6. The Morgan fingerprint density at radius 2 is 1.48 bits per heavy atom. The summed E-state index contributed by atoms with van der Waals surface area (Å²) in [6, 6.07) is 19.6. The first-order chi connectivity index (χ1) is 22.2. The number of esters is 1. The van der Waals surface area contributed by atoms with Crippen LogP contribution in [0, 0.1) is 0 Å². The van der Waals surface area contributed by atoms with Crippen LogP contribution in [-0.4, -0.2) is 64.0 Å². The van der Waals surface area contributed by atoms with Crippen LogP contribution in [0.4, 0.5) is 20.8 Å². The number of amides is 1. The second-order valence-electron chi connectivity index (χ2n) is 8.95. The van der Waals surface area contributed by atoms with Gasteiger partial charge >= 0.3 is 12.1 Å². The van der Waals surface area contributed by atoms with Gasteiger partial charge in [-0.2, -0.15) is 4.98 Å². The number of methoxy groups -OCH3 is 1. The number of sulfonamides is 1. The molecule has 14 nitrogen and oxygen atoms in total. The largest absolute Gasteiger partial charge is 0.493 e. The average Bonchev–Trinajstić information content (AvgIpc) is 3.06. The first-order valence-electron chi connectivity index (χ1n) is 13.5. The van der Waals surface area contributed by atoms with E-state index in [-0.39, 0.29) is 65.3 Å². The van der Waals surface area contributed by atoms with Gasteiger partial charge in [0.2, 0.25) is 5.75 Å². The van der Waals surface area contributed by atoms with Crippen molar-refractivity contribution in [2.24, 2.45) is 0 Å². The number of carbonyl (C=O) groups is 2. The summed E-state index contributed by atoms with van der Waals surface area (Å²) in [6.45, 7) is 0.695. The fourth-order valence-electron chi connectivity index (χ4n) is 3.67. The number of hydrogen-bond acceptors (Lipinski definition) is 12. The molecule has 0 aliphatic rings. The molecule has 242 valence electrons. The summed E-state index contributed by atoms with van der Waals surface area (Å²) in [5, 5.41) is -0.157. The topological polar surface area (TPSA) is 165 Å². The van der Waals surface area contributed by atoms with Gasteiger partial charge in [-0.3, -0.25) is 9.52 Å². The molecule has 0 aliphatic heterocycles. The minimum absolute atomic E-state index is 0.0185. The lowest BCUT2D eigenvalue weighted by Gasteiger charge is -2.17. The Kier molecular flexibility index (Phi) is 11.5. The standard InChI is InChI=1S/C30H29FN4O10S/c1-21(36)41-16-17-42-23-12-14-24(15-13-23)46(38,39)34-28-27(45-26-11-7-6-10-25(26)40-2)29(33-20-32-28)43-18-19-44-30(37)35(31)22-8-4-3-5-9-22/h3-15,20H,16-19H2,1-2H3,(H,32,33,34). The zero-order valence-electron chi connectivity index (χ0n) is 24.6. The Bertz CT molecular complexity index is 1730. The van der Waals surface area contributed by atoms with E-state index in [1.165, 1.54) is 50.4 Å². The lowest BCUT2D eigenvalue weighted by molar-refractivity contribution is -0.141. The van der Waals surface area contributed by atoms with E-state index < -0.39 is 22.1 Å². The summed E-state index contributed by atoms with van der Waals surface area (Å²) in [6.07, 6.45) is -0.232. The summed E-state index contributed by atoms with van der Waals surface area (Å²) in [4.78, 5) is 30.9. The van der Waals surface area contributed by atoms with Crippen LogP contribution in [0.15, 0.2) is 90.1 Å². The van der Waals surface area contributed by atoms with Crippen molar-refractivity contribution in [3.05, 3.63) is 85.2 Å². The molecular formula is C30H29FN4O10S. The Morgan fingerprint density at radius 1 is 0.826 bits per heavy atom. The van der Waals surface area contributed by atoms with E-state index >= 15 is 0 Å². The molecule has 1 aromatic heterocycles. The third kappa shape index (κ3) is 9.18. The molecular weight excluding hydrogens is 627 g/mol. The number of anilines is 2. The van der Waals surface area contributed by atoms with Crippen LogP contribution in [0.1, 0.15) is 6.92 Å². The molecule has 0 radical (unpaired) electrons. The van der Waals surface area contributed by atoms with Gasteiger partial charge in [-0.1, -0.05) is 34.8 Å². The quantitative estimate of drug-likeness (QED) is 0.104. The monoisotopic (exact) mass is 656 g/mol. The highest BCUT2D eigenvalue weighted by molar-refractivity contribution is 7.92. The fourth-order valence-corrected chi connectivity index (χ4v) is 4.68. The highest BCUT2D eigenvalue weighted by Crippen LogP contribution is 2.40. The van der Waals surface area contributed by atoms with E-state index in [0.29, 0.717) is 11.5 Å². The van der Waals surface area contributed by atoms with Crippen molar-refractivity contribution in [1.82, 2.24) is 9.97 Å². The van der Waals surface area contributed by atoms with Gasteiger partial charge in [-0.25, -0.2) is 18.2 Å².